The van der Waals surface area contributed by atoms with Crippen LogP contribution in [0.3, 0.4) is 0 Å². The van der Waals surface area contributed by atoms with Crippen molar-refractivity contribution < 1.29 is 36.4 Å². The van der Waals surface area contributed by atoms with Crippen molar-refractivity contribution in [1.29, 1.82) is 0 Å². The lowest BCUT2D eigenvalue weighted by Crippen LogP contribution is -2.59. The predicted molar refractivity (Wildman–Crippen MR) is 168 cm³/mol. The van der Waals surface area contributed by atoms with Crippen LogP contribution in [-0.2, 0) is 21.4 Å². The van der Waals surface area contributed by atoms with Crippen molar-refractivity contribution in [2.75, 3.05) is 26.2 Å². The maximum atomic E-state index is 14.7. The third kappa shape index (κ3) is 6.28. The molecule has 0 unspecified atom stereocenters. The van der Waals surface area contributed by atoms with E-state index in [1.165, 1.54) is 24.3 Å². The molecule has 13 heteroatoms. The number of carbonyl (C=O) groups excluding carboxylic acids is 1. The number of sulfonamides is 1. The van der Waals surface area contributed by atoms with Gasteiger partial charge in [-0.1, -0.05) is 41.6 Å². The lowest BCUT2D eigenvalue weighted by atomic mass is 9.84. The zero-order valence-electron chi connectivity index (χ0n) is 25.4. The second-order valence-corrected chi connectivity index (χ2v) is 14.3. The van der Waals surface area contributed by atoms with Crippen molar-refractivity contribution in [1.82, 2.24) is 19.7 Å². The van der Waals surface area contributed by atoms with Crippen LogP contribution in [0.2, 0.25) is 0 Å². The van der Waals surface area contributed by atoms with E-state index in [-0.39, 0.29) is 35.8 Å². The van der Waals surface area contributed by atoms with E-state index < -0.39 is 45.2 Å². The summed E-state index contributed by atoms with van der Waals surface area (Å²) in [6.45, 7) is 1.62. The van der Waals surface area contributed by atoms with Gasteiger partial charge in [-0.2, -0.15) is 4.31 Å². The smallest absolute Gasteiger partial charge is 0.247 e. The molecule has 7 rings (SSSR count). The Morgan fingerprint density at radius 2 is 1.77 bits per heavy atom. The Kier molecular flexibility index (Phi) is 8.33. The molecule has 3 aliphatic rings. The van der Waals surface area contributed by atoms with Gasteiger partial charge >= 0.3 is 0 Å². The van der Waals surface area contributed by atoms with Gasteiger partial charge in [0.15, 0.2) is 5.76 Å². The lowest BCUT2D eigenvalue weighted by Gasteiger charge is -2.42. The first-order chi connectivity index (χ1) is 22.6. The van der Waals surface area contributed by atoms with Crippen molar-refractivity contribution in [3.8, 4) is 28.1 Å². The zero-order chi connectivity index (χ0) is 32.8. The molecular formula is C34H34F2N4O6S. The predicted octanol–water partition coefficient (Wildman–Crippen LogP) is 4.34. The second-order valence-electron chi connectivity index (χ2n) is 12.5. The molecule has 47 heavy (non-hydrogen) atoms. The van der Waals surface area contributed by atoms with Crippen molar-refractivity contribution >= 4 is 15.9 Å². The van der Waals surface area contributed by atoms with E-state index in [2.05, 4.69) is 15.4 Å². The molecule has 1 aromatic heterocycles. The molecule has 0 saturated carbocycles. The Morgan fingerprint density at radius 1 is 0.979 bits per heavy atom. The highest BCUT2D eigenvalue weighted by Gasteiger charge is 2.47. The van der Waals surface area contributed by atoms with E-state index in [4.69, 9.17) is 9.26 Å². The van der Waals surface area contributed by atoms with Gasteiger partial charge in [-0.15, -0.1) is 0 Å². The molecule has 0 aliphatic carbocycles. The lowest BCUT2D eigenvalue weighted by molar-refractivity contribution is -0.127. The fraction of sp³-hybridized carbons (Fsp3) is 0.353. The number of benzene rings is 3. The molecule has 10 nitrogen and oxygen atoms in total. The number of halogens is 2. The summed E-state index contributed by atoms with van der Waals surface area (Å²) in [5.41, 5.74) is 1.42. The highest BCUT2D eigenvalue weighted by Crippen LogP contribution is 2.38. The molecule has 0 bridgehead atoms. The van der Waals surface area contributed by atoms with E-state index in [0.717, 1.165) is 33.5 Å². The van der Waals surface area contributed by atoms with Crippen molar-refractivity contribution in [3.05, 3.63) is 90.2 Å². The monoisotopic (exact) mass is 664 g/mol. The van der Waals surface area contributed by atoms with Crippen LogP contribution < -0.4 is 10.1 Å². The van der Waals surface area contributed by atoms with Gasteiger partial charge in [0.2, 0.25) is 15.9 Å². The van der Waals surface area contributed by atoms with Gasteiger partial charge in [0, 0.05) is 61.3 Å². The van der Waals surface area contributed by atoms with E-state index in [9.17, 15) is 27.1 Å². The van der Waals surface area contributed by atoms with Gasteiger partial charge in [0.1, 0.15) is 34.0 Å². The first kappa shape index (κ1) is 31.4. The van der Waals surface area contributed by atoms with Crippen LogP contribution in [0, 0.1) is 11.6 Å². The highest BCUT2D eigenvalue weighted by atomic mass is 32.2. The summed E-state index contributed by atoms with van der Waals surface area (Å²) in [6.07, 6.45) is 0.449. The molecular weight excluding hydrogens is 630 g/mol. The van der Waals surface area contributed by atoms with Crippen LogP contribution in [0.4, 0.5) is 8.78 Å². The average Bonchev–Trinajstić information content (AvgIpc) is 3.69. The molecule has 3 aromatic carbocycles. The summed E-state index contributed by atoms with van der Waals surface area (Å²) < 4.78 is 69.0. The molecule has 2 atom stereocenters. The van der Waals surface area contributed by atoms with Gasteiger partial charge in [0.05, 0.1) is 19.3 Å². The number of aliphatic hydroxyl groups excluding tert-OH is 1. The van der Waals surface area contributed by atoms with Crippen LogP contribution in [0.5, 0.6) is 5.75 Å². The normalized spacial score (nSPS) is 22.9. The summed E-state index contributed by atoms with van der Waals surface area (Å²) in [5.74, 6) is -1.28. The molecule has 4 heterocycles. The molecule has 246 valence electrons. The number of likely N-dealkylation sites (tertiary alicyclic amines) is 1. The third-order valence-electron chi connectivity index (χ3n) is 9.36. The number of aliphatic hydroxyl groups is 1. The average molecular weight is 665 g/mol. The SMILES string of the molecule is O=C1NC2(CCOc3cc(-c4ccc(F)cc4F)ccc3S(=O)(=O)N3C[C@H](O)C[C@@H]13)CCN(Cc1cc(-c3ccccc3)no1)CC2. The number of ether oxygens (including phenoxy) is 1. The number of amides is 1. The fourth-order valence-electron chi connectivity index (χ4n) is 6.77. The number of piperidine rings is 1. The molecule has 1 spiro atoms. The minimum Gasteiger partial charge on any atom is -0.492 e. The van der Waals surface area contributed by atoms with Crippen LogP contribution >= 0.6 is 0 Å². The summed E-state index contributed by atoms with van der Waals surface area (Å²) in [5, 5.41) is 17.9. The molecule has 2 saturated heterocycles. The fourth-order valence-corrected chi connectivity index (χ4v) is 8.52. The van der Waals surface area contributed by atoms with Crippen LogP contribution in [-0.4, -0.2) is 77.7 Å². The topological polar surface area (TPSA) is 125 Å². The molecule has 0 radical (unpaired) electrons. The molecule has 1 amide bonds. The number of nitrogens with zero attached hydrogens (tertiary/aromatic N) is 3. The Hall–Kier alpha value is -4.17. The van der Waals surface area contributed by atoms with Gasteiger partial charge in [-0.05, 0) is 42.7 Å². The van der Waals surface area contributed by atoms with E-state index in [1.54, 1.807) is 0 Å². The third-order valence-corrected chi connectivity index (χ3v) is 11.3. The summed E-state index contributed by atoms with van der Waals surface area (Å²) >= 11 is 0. The number of rotatable bonds is 4. The molecule has 3 aliphatic heterocycles. The number of hydrogen-bond donors (Lipinski definition) is 2. The number of hydrogen-bond acceptors (Lipinski definition) is 8. The Labute approximate surface area is 271 Å². The Balaban J connectivity index is 1.14. The number of carbonyl (C=O) groups is 1. The van der Waals surface area contributed by atoms with Gasteiger partial charge in [-0.3, -0.25) is 9.69 Å². The van der Waals surface area contributed by atoms with E-state index in [1.807, 2.05) is 36.4 Å². The molecule has 2 N–H and O–H groups in total. The molecule has 4 aromatic rings. The Bertz CT molecular complexity index is 1900. The number of nitrogens with one attached hydrogen (secondary N) is 1. The van der Waals surface area contributed by atoms with E-state index in [0.29, 0.717) is 44.5 Å². The van der Waals surface area contributed by atoms with Crippen LogP contribution in [0.15, 0.2) is 82.2 Å². The van der Waals surface area contributed by atoms with E-state index >= 15 is 0 Å². The van der Waals surface area contributed by atoms with Gasteiger partial charge in [-0.25, -0.2) is 17.2 Å². The first-order valence-electron chi connectivity index (χ1n) is 15.6. The Morgan fingerprint density at radius 3 is 2.53 bits per heavy atom. The molecule has 2 fully saturated rings. The summed E-state index contributed by atoms with van der Waals surface area (Å²) in [6, 6.07) is 17.9. The van der Waals surface area contributed by atoms with Crippen LogP contribution in [0.25, 0.3) is 22.4 Å². The van der Waals surface area contributed by atoms with Crippen LogP contribution in [0.1, 0.15) is 31.4 Å². The first-order valence-corrected chi connectivity index (χ1v) is 17.0. The zero-order valence-corrected chi connectivity index (χ0v) is 26.3. The maximum Gasteiger partial charge on any atom is 0.247 e. The number of aromatic nitrogens is 1. The highest BCUT2D eigenvalue weighted by molar-refractivity contribution is 7.89. The minimum atomic E-state index is -4.31. The van der Waals surface area contributed by atoms with Gasteiger partial charge < -0.3 is 19.7 Å². The second kappa shape index (κ2) is 12.5. The van der Waals surface area contributed by atoms with Gasteiger partial charge in [0.25, 0.3) is 0 Å². The minimum absolute atomic E-state index is 0.00663. The van der Waals surface area contributed by atoms with Crippen molar-refractivity contribution in [2.45, 2.75) is 54.8 Å². The standard InChI is InChI=1S/C34H34F2N4O6S/c35-24-7-8-27(28(36)17-24)23-6-9-32-31(16-23)45-15-12-34(37-33(42)30-18-25(41)20-40(30)47(32,43)44)10-13-39(14-11-34)21-26-19-29(38-46-26)22-4-2-1-3-5-22/h1-9,16-17,19,25,30,41H,10-15,18,20-21H2,(H,37,42)/t25-,30+/m1/s1. The summed E-state index contributed by atoms with van der Waals surface area (Å²) in [7, 11) is -4.31. The quantitative estimate of drug-likeness (QED) is 0.330. The summed E-state index contributed by atoms with van der Waals surface area (Å²) in [4.78, 5) is 15.8. The van der Waals surface area contributed by atoms with Crippen molar-refractivity contribution in [3.63, 3.8) is 0 Å². The number of fused-ring (bicyclic) bond motifs is 2. The largest absolute Gasteiger partial charge is 0.492 e. The van der Waals surface area contributed by atoms with Crippen molar-refractivity contribution in [2.24, 2.45) is 0 Å². The maximum absolute atomic E-state index is 14.7.